The van der Waals surface area contributed by atoms with E-state index >= 15 is 0 Å². The predicted molar refractivity (Wildman–Crippen MR) is 71.2 cm³/mol. The van der Waals surface area contributed by atoms with Crippen molar-refractivity contribution < 1.29 is 12.9 Å². The molecule has 96 valence electrons. The molecular weight excluding hydrogens is 344 g/mol. The first kappa shape index (κ1) is 13.4. The van der Waals surface area contributed by atoms with E-state index < -0.39 is 10.0 Å². The summed E-state index contributed by atoms with van der Waals surface area (Å²) in [5, 5.41) is 3.71. The minimum atomic E-state index is -3.78. The largest absolute Gasteiger partial charge is 0.338 e. The molecule has 0 amide bonds. The number of hydrogen-bond acceptors (Lipinski definition) is 4. The Morgan fingerprint density at radius 1 is 1.39 bits per heavy atom. The van der Waals surface area contributed by atoms with Crippen molar-refractivity contribution in [3.63, 3.8) is 0 Å². The van der Waals surface area contributed by atoms with Crippen molar-refractivity contribution in [2.75, 3.05) is 4.72 Å². The van der Waals surface area contributed by atoms with Gasteiger partial charge >= 0.3 is 0 Å². The molecule has 1 aromatic carbocycles. The average molecular weight is 352 g/mol. The summed E-state index contributed by atoms with van der Waals surface area (Å²) in [6, 6.07) is 5.97. The van der Waals surface area contributed by atoms with Crippen LogP contribution in [0.1, 0.15) is 5.69 Å². The number of halogens is 2. The standard InChI is InChI=1S/C10H8BrClN2O3S/c1-6-4-10(17-13-6)14-18(15,16)9-3-2-7(11)5-8(9)12/h2-5,14H,1H3. The van der Waals surface area contributed by atoms with Gasteiger partial charge in [-0.2, -0.15) is 0 Å². The number of rotatable bonds is 3. The Hall–Kier alpha value is -1.05. The molecule has 0 aliphatic rings. The molecule has 5 nitrogen and oxygen atoms in total. The summed E-state index contributed by atoms with van der Waals surface area (Å²) < 4.78 is 31.8. The highest BCUT2D eigenvalue weighted by molar-refractivity contribution is 9.10. The maximum atomic E-state index is 12.0. The Balaban J connectivity index is 2.36. The van der Waals surface area contributed by atoms with Crippen LogP contribution in [0.5, 0.6) is 0 Å². The maximum Gasteiger partial charge on any atom is 0.265 e. The Kier molecular flexibility index (Phi) is 3.65. The first-order chi connectivity index (χ1) is 8.38. The molecule has 0 atom stereocenters. The molecule has 0 radical (unpaired) electrons. The van der Waals surface area contributed by atoms with E-state index in [4.69, 9.17) is 16.1 Å². The van der Waals surface area contributed by atoms with Gasteiger partial charge in [-0.3, -0.25) is 0 Å². The molecule has 2 rings (SSSR count). The predicted octanol–water partition coefficient (Wildman–Crippen LogP) is 3.20. The quantitative estimate of drug-likeness (QED) is 0.921. The van der Waals surface area contributed by atoms with Crippen molar-refractivity contribution in [3.8, 4) is 0 Å². The summed E-state index contributed by atoms with van der Waals surface area (Å²) in [4.78, 5) is -0.0265. The number of sulfonamides is 1. The monoisotopic (exact) mass is 350 g/mol. The minimum Gasteiger partial charge on any atom is -0.338 e. The number of nitrogens with one attached hydrogen (secondary N) is 1. The Labute approximate surface area is 117 Å². The summed E-state index contributed by atoms with van der Waals surface area (Å²) in [7, 11) is -3.78. The third-order valence-corrected chi connectivity index (χ3v) is 4.37. The highest BCUT2D eigenvalue weighted by atomic mass is 79.9. The molecule has 8 heteroatoms. The molecule has 0 saturated carbocycles. The van der Waals surface area contributed by atoms with E-state index in [0.29, 0.717) is 10.2 Å². The van der Waals surface area contributed by atoms with E-state index in [1.807, 2.05) is 0 Å². The van der Waals surface area contributed by atoms with Crippen molar-refractivity contribution in [1.82, 2.24) is 5.16 Å². The van der Waals surface area contributed by atoms with Gasteiger partial charge in [0.15, 0.2) is 0 Å². The lowest BCUT2D eigenvalue weighted by Gasteiger charge is -2.06. The zero-order valence-electron chi connectivity index (χ0n) is 9.15. The lowest BCUT2D eigenvalue weighted by molar-refractivity contribution is 0.430. The lowest BCUT2D eigenvalue weighted by atomic mass is 10.4. The van der Waals surface area contributed by atoms with Crippen molar-refractivity contribution in [1.29, 1.82) is 0 Å². The fourth-order valence-electron chi connectivity index (χ4n) is 1.29. The molecule has 0 fully saturated rings. The first-order valence-corrected chi connectivity index (χ1v) is 7.45. The van der Waals surface area contributed by atoms with Gasteiger partial charge < -0.3 is 4.52 Å². The van der Waals surface area contributed by atoms with E-state index in [1.165, 1.54) is 18.2 Å². The molecule has 0 bridgehead atoms. The highest BCUT2D eigenvalue weighted by Gasteiger charge is 2.19. The van der Waals surface area contributed by atoms with E-state index in [9.17, 15) is 8.42 Å². The molecule has 18 heavy (non-hydrogen) atoms. The van der Waals surface area contributed by atoms with Gasteiger partial charge in [-0.15, -0.1) is 0 Å². The van der Waals surface area contributed by atoms with Gasteiger partial charge in [0.05, 0.1) is 10.7 Å². The minimum absolute atomic E-state index is 0.0265. The van der Waals surface area contributed by atoms with Crippen LogP contribution < -0.4 is 4.72 Å². The van der Waals surface area contributed by atoms with E-state index in [1.54, 1.807) is 13.0 Å². The molecular formula is C10H8BrClN2O3S. The molecule has 0 aliphatic heterocycles. The van der Waals surface area contributed by atoms with Crippen LogP contribution in [0.2, 0.25) is 5.02 Å². The molecule has 0 aliphatic carbocycles. The number of hydrogen-bond donors (Lipinski definition) is 1. The normalized spacial score (nSPS) is 11.5. The zero-order chi connectivity index (χ0) is 13.3. The van der Waals surface area contributed by atoms with Gasteiger partial charge in [0.25, 0.3) is 10.0 Å². The second-order valence-electron chi connectivity index (χ2n) is 3.51. The van der Waals surface area contributed by atoms with Gasteiger partial charge in [-0.05, 0) is 25.1 Å². The van der Waals surface area contributed by atoms with E-state index in [0.717, 1.165) is 0 Å². The van der Waals surface area contributed by atoms with Crippen molar-refractivity contribution in [2.45, 2.75) is 11.8 Å². The molecule has 2 aromatic rings. The summed E-state index contributed by atoms with van der Waals surface area (Å²) in [5.74, 6) is 0.0477. The van der Waals surface area contributed by atoms with E-state index in [2.05, 4.69) is 25.8 Å². The number of benzene rings is 1. The number of aryl methyl sites for hydroxylation is 1. The zero-order valence-corrected chi connectivity index (χ0v) is 12.3. The number of anilines is 1. The van der Waals surface area contributed by atoms with Gasteiger partial charge in [0, 0.05) is 10.5 Å². The number of nitrogens with zero attached hydrogens (tertiary/aromatic N) is 1. The van der Waals surface area contributed by atoms with Crippen LogP contribution in [0.3, 0.4) is 0 Å². The molecule has 0 unspecified atom stereocenters. The Morgan fingerprint density at radius 3 is 2.67 bits per heavy atom. The van der Waals surface area contributed by atoms with Crippen LogP contribution in [-0.2, 0) is 10.0 Å². The van der Waals surface area contributed by atoms with Crippen molar-refractivity contribution in [2.24, 2.45) is 0 Å². The van der Waals surface area contributed by atoms with Gasteiger partial charge in [-0.25, -0.2) is 13.1 Å². The fourth-order valence-corrected chi connectivity index (χ4v) is 3.30. The van der Waals surface area contributed by atoms with Gasteiger partial charge in [0.1, 0.15) is 4.90 Å². The molecule has 1 aromatic heterocycles. The van der Waals surface area contributed by atoms with Crippen LogP contribution >= 0.6 is 27.5 Å². The molecule has 0 spiro atoms. The summed E-state index contributed by atoms with van der Waals surface area (Å²) in [5.41, 5.74) is 0.578. The van der Waals surface area contributed by atoms with Crippen LogP contribution in [-0.4, -0.2) is 13.6 Å². The van der Waals surface area contributed by atoms with Crippen LogP contribution in [0.15, 0.2) is 38.2 Å². The van der Waals surface area contributed by atoms with Gasteiger partial charge in [0.2, 0.25) is 5.88 Å². The topological polar surface area (TPSA) is 72.2 Å². The third-order valence-electron chi connectivity index (χ3n) is 2.05. The molecule has 1 N–H and O–H groups in total. The lowest BCUT2D eigenvalue weighted by Crippen LogP contribution is -2.12. The summed E-state index contributed by atoms with van der Waals surface area (Å²) in [6.07, 6.45) is 0. The maximum absolute atomic E-state index is 12.0. The summed E-state index contributed by atoms with van der Waals surface area (Å²) in [6.45, 7) is 1.69. The summed E-state index contributed by atoms with van der Waals surface area (Å²) >= 11 is 9.10. The smallest absolute Gasteiger partial charge is 0.265 e. The Morgan fingerprint density at radius 2 is 2.11 bits per heavy atom. The molecule has 1 heterocycles. The number of aromatic nitrogens is 1. The average Bonchev–Trinajstić information content (AvgIpc) is 2.62. The second kappa shape index (κ2) is 4.91. The fraction of sp³-hybridized carbons (Fsp3) is 0.100. The van der Waals surface area contributed by atoms with Crippen LogP contribution in [0.25, 0.3) is 0 Å². The van der Waals surface area contributed by atoms with Crippen molar-refractivity contribution in [3.05, 3.63) is 39.5 Å². The third kappa shape index (κ3) is 2.85. The first-order valence-electron chi connectivity index (χ1n) is 4.80. The Bertz CT molecular complexity index is 684. The van der Waals surface area contributed by atoms with Crippen LogP contribution in [0, 0.1) is 6.92 Å². The van der Waals surface area contributed by atoms with Crippen LogP contribution in [0.4, 0.5) is 5.88 Å². The SMILES string of the molecule is Cc1cc(NS(=O)(=O)c2ccc(Br)cc2Cl)on1. The van der Waals surface area contributed by atoms with E-state index in [-0.39, 0.29) is 15.8 Å². The highest BCUT2D eigenvalue weighted by Crippen LogP contribution is 2.26. The van der Waals surface area contributed by atoms with Crippen molar-refractivity contribution >= 4 is 43.4 Å². The second-order valence-corrected chi connectivity index (χ2v) is 6.49. The van der Waals surface area contributed by atoms with Gasteiger partial charge in [-0.1, -0.05) is 32.7 Å². The molecule has 0 saturated heterocycles.